The molecule has 3 nitrogen and oxygen atoms in total. The van der Waals surface area contributed by atoms with Gasteiger partial charge in [0.1, 0.15) is 11.5 Å². The van der Waals surface area contributed by atoms with Gasteiger partial charge in [-0.1, -0.05) is 142 Å². The zero-order valence-electron chi connectivity index (χ0n) is 29.8. The molecule has 0 aliphatic heterocycles. The highest BCUT2D eigenvalue weighted by molar-refractivity contribution is 7.99. The Bertz CT molecular complexity index is 1000. The molecule has 4 heteroatoms. The number of hydrogen-bond donors (Lipinski definition) is 0. The number of ketones is 1. The number of rotatable bonds is 30. The minimum absolute atomic E-state index is 0.0107. The van der Waals surface area contributed by atoms with Crippen molar-refractivity contribution < 1.29 is 14.3 Å². The largest absolute Gasteiger partial charge is 0.493 e. The predicted molar refractivity (Wildman–Crippen MR) is 202 cm³/mol. The van der Waals surface area contributed by atoms with Crippen LogP contribution in [0.25, 0.3) is 6.08 Å². The average Bonchev–Trinajstić information content (AvgIpc) is 3.07. The van der Waals surface area contributed by atoms with E-state index in [1.165, 1.54) is 120 Å². The number of thioether (sulfide) groups is 1. The van der Waals surface area contributed by atoms with E-state index >= 15 is 0 Å². The molecule has 2 aromatic carbocycles. The first-order valence-corrected chi connectivity index (χ1v) is 20.0. The van der Waals surface area contributed by atoms with Gasteiger partial charge in [0, 0.05) is 16.5 Å². The lowest BCUT2D eigenvalue weighted by atomic mass is 10.1. The summed E-state index contributed by atoms with van der Waals surface area (Å²) >= 11 is 1.83. The molecule has 258 valence electrons. The molecule has 46 heavy (non-hydrogen) atoms. The molecule has 0 heterocycles. The average molecular weight is 651 g/mol. The van der Waals surface area contributed by atoms with Gasteiger partial charge in [-0.05, 0) is 73.1 Å². The van der Waals surface area contributed by atoms with Crippen molar-refractivity contribution in [3.8, 4) is 11.5 Å². The molecule has 0 saturated carbocycles. The van der Waals surface area contributed by atoms with Crippen LogP contribution in [0.5, 0.6) is 11.5 Å². The maximum absolute atomic E-state index is 12.9. The third-order valence-electron chi connectivity index (χ3n) is 8.47. The molecular formula is C42H66O3S. The van der Waals surface area contributed by atoms with Crippen molar-refractivity contribution in [3.05, 3.63) is 59.7 Å². The van der Waals surface area contributed by atoms with E-state index in [4.69, 9.17) is 9.47 Å². The molecular weight excluding hydrogens is 585 g/mol. The molecule has 0 aliphatic carbocycles. The Morgan fingerprint density at radius 1 is 0.565 bits per heavy atom. The highest BCUT2D eigenvalue weighted by Crippen LogP contribution is 2.26. The zero-order valence-corrected chi connectivity index (χ0v) is 30.6. The van der Waals surface area contributed by atoms with Crippen LogP contribution < -0.4 is 9.47 Å². The third kappa shape index (κ3) is 20.1. The van der Waals surface area contributed by atoms with Gasteiger partial charge in [0.2, 0.25) is 0 Å². The minimum Gasteiger partial charge on any atom is -0.493 e. The SMILES string of the molecule is CCCCCCCCCCCCOc1cc(/C=C/C(=O)c2ccc(SCCC)cc2)cc(OCCCCCCCCCCCC)c1. The van der Waals surface area contributed by atoms with Gasteiger partial charge in [-0.25, -0.2) is 0 Å². The second-order valence-electron chi connectivity index (χ2n) is 12.9. The predicted octanol–water partition coefficient (Wildman–Crippen LogP) is 13.7. The van der Waals surface area contributed by atoms with E-state index in [1.54, 1.807) is 6.08 Å². The zero-order chi connectivity index (χ0) is 32.9. The number of hydrogen-bond acceptors (Lipinski definition) is 4. The van der Waals surface area contributed by atoms with Crippen LogP contribution in [-0.4, -0.2) is 24.7 Å². The van der Waals surface area contributed by atoms with Crippen molar-refractivity contribution >= 4 is 23.6 Å². The number of carbonyl (C=O) groups excluding carboxylic acids is 1. The number of carbonyl (C=O) groups is 1. The van der Waals surface area contributed by atoms with E-state index in [9.17, 15) is 4.79 Å². The summed E-state index contributed by atoms with van der Waals surface area (Å²) in [6.07, 6.45) is 30.9. The van der Waals surface area contributed by atoms with Crippen LogP contribution in [-0.2, 0) is 0 Å². The van der Waals surface area contributed by atoms with Gasteiger partial charge in [0.15, 0.2) is 5.78 Å². The summed E-state index contributed by atoms with van der Waals surface area (Å²) < 4.78 is 12.4. The van der Waals surface area contributed by atoms with E-state index < -0.39 is 0 Å². The topological polar surface area (TPSA) is 35.5 Å². The first-order chi connectivity index (χ1) is 22.7. The Morgan fingerprint density at radius 3 is 1.43 bits per heavy atom. The monoisotopic (exact) mass is 650 g/mol. The first-order valence-electron chi connectivity index (χ1n) is 19.0. The van der Waals surface area contributed by atoms with Crippen LogP contribution in [0.15, 0.2) is 53.4 Å². The fourth-order valence-corrected chi connectivity index (χ4v) is 6.39. The highest BCUT2D eigenvalue weighted by atomic mass is 32.2. The maximum atomic E-state index is 12.9. The standard InChI is InChI=1S/C42H66O3S/c1-4-7-9-11-13-15-17-19-21-23-31-44-39-34-37(25-30-42(43)38-26-28-41(29-27-38)46-33-6-3)35-40(36-39)45-32-24-22-20-18-16-14-12-10-8-5-2/h25-30,34-36H,4-24,31-33H2,1-3H3/b30-25+. The lowest BCUT2D eigenvalue weighted by Gasteiger charge is -2.12. The van der Waals surface area contributed by atoms with E-state index in [0.29, 0.717) is 18.8 Å². The molecule has 0 radical (unpaired) electrons. The van der Waals surface area contributed by atoms with Gasteiger partial charge >= 0.3 is 0 Å². The van der Waals surface area contributed by atoms with Crippen molar-refractivity contribution in [2.75, 3.05) is 19.0 Å². The Morgan fingerprint density at radius 2 is 1.00 bits per heavy atom. The van der Waals surface area contributed by atoms with Gasteiger partial charge in [-0.3, -0.25) is 4.79 Å². The minimum atomic E-state index is 0.0107. The van der Waals surface area contributed by atoms with Gasteiger partial charge in [-0.2, -0.15) is 0 Å². The molecule has 0 bridgehead atoms. The summed E-state index contributed by atoms with van der Waals surface area (Å²) in [5, 5.41) is 0. The smallest absolute Gasteiger partial charge is 0.185 e. The lowest BCUT2D eigenvalue weighted by molar-refractivity contribution is 0.104. The van der Waals surface area contributed by atoms with Gasteiger partial charge in [0.05, 0.1) is 13.2 Å². The van der Waals surface area contributed by atoms with Crippen molar-refractivity contribution in [3.63, 3.8) is 0 Å². The van der Waals surface area contributed by atoms with Crippen molar-refractivity contribution in [1.82, 2.24) is 0 Å². The summed E-state index contributed by atoms with van der Waals surface area (Å²) in [6, 6.07) is 14.0. The molecule has 0 atom stereocenters. The molecule has 0 spiro atoms. The number of benzene rings is 2. The van der Waals surface area contributed by atoms with E-state index in [0.717, 1.165) is 42.1 Å². The number of ether oxygens (including phenoxy) is 2. The van der Waals surface area contributed by atoms with E-state index in [-0.39, 0.29) is 5.78 Å². The van der Waals surface area contributed by atoms with Crippen molar-refractivity contribution in [2.45, 2.75) is 161 Å². The summed E-state index contributed by atoms with van der Waals surface area (Å²) in [4.78, 5) is 14.1. The molecule has 0 N–H and O–H groups in total. The molecule has 0 saturated heterocycles. The summed E-state index contributed by atoms with van der Waals surface area (Å²) in [5.41, 5.74) is 1.64. The highest BCUT2D eigenvalue weighted by Gasteiger charge is 2.06. The second-order valence-corrected chi connectivity index (χ2v) is 14.0. The molecule has 0 aromatic heterocycles. The van der Waals surface area contributed by atoms with Crippen LogP contribution >= 0.6 is 11.8 Å². The molecule has 2 aromatic rings. The fraction of sp³-hybridized carbons (Fsp3) is 0.643. The van der Waals surface area contributed by atoms with Crippen LogP contribution in [0.1, 0.15) is 172 Å². The van der Waals surface area contributed by atoms with Crippen LogP contribution in [0.2, 0.25) is 0 Å². The van der Waals surface area contributed by atoms with Gasteiger partial charge in [-0.15, -0.1) is 11.8 Å². The molecule has 0 fully saturated rings. The molecule has 0 unspecified atom stereocenters. The summed E-state index contributed by atoms with van der Waals surface area (Å²) in [7, 11) is 0. The van der Waals surface area contributed by atoms with Gasteiger partial charge in [0.25, 0.3) is 0 Å². The Kier molecular flexibility index (Phi) is 24.2. The molecule has 2 rings (SSSR count). The number of allylic oxidation sites excluding steroid dienone is 1. The third-order valence-corrected chi connectivity index (χ3v) is 9.69. The number of unbranched alkanes of at least 4 members (excludes halogenated alkanes) is 18. The quantitative estimate of drug-likeness (QED) is 0.0365. The van der Waals surface area contributed by atoms with Crippen molar-refractivity contribution in [1.29, 1.82) is 0 Å². The fourth-order valence-electron chi connectivity index (χ4n) is 5.62. The summed E-state index contributed by atoms with van der Waals surface area (Å²) in [6.45, 7) is 8.16. The first kappa shape index (κ1) is 40.0. The van der Waals surface area contributed by atoms with Crippen LogP contribution in [0.4, 0.5) is 0 Å². The second kappa shape index (κ2) is 27.9. The Balaban J connectivity index is 1.84. The maximum Gasteiger partial charge on any atom is 0.185 e. The normalized spacial score (nSPS) is 11.4. The molecule has 0 aliphatic rings. The summed E-state index contributed by atoms with van der Waals surface area (Å²) in [5.74, 6) is 2.74. The lowest BCUT2D eigenvalue weighted by Crippen LogP contribution is -2.01. The van der Waals surface area contributed by atoms with Crippen LogP contribution in [0, 0.1) is 0 Å². The van der Waals surface area contributed by atoms with Crippen LogP contribution in [0.3, 0.4) is 0 Å². The van der Waals surface area contributed by atoms with Crippen molar-refractivity contribution in [2.24, 2.45) is 0 Å². The Labute approximate surface area is 287 Å². The Hall–Kier alpha value is -2.20. The molecule has 0 amide bonds. The van der Waals surface area contributed by atoms with E-state index in [1.807, 2.05) is 60.3 Å². The van der Waals surface area contributed by atoms with E-state index in [2.05, 4.69) is 20.8 Å². The van der Waals surface area contributed by atoms with Gasteiger partial charge < -0.3 is 9.47 Å².